The number of ether oxygens (including phenoxy) is 1. The maximum absolute atomic E-state index is 12.1. The first-order valence-corrected chi connectivity index (χ1v) is 6.59. The van der Waals surface area contributed by atoms with Crippen LogP contribution in [0.25, 0.3) is 22.0 Å². The molecule has 0 bridgehead atoms. The topological polar surface area (TPSA) is 55.2 Å². The fourth-order valence-corrected chi connectivity index (χ4v) is 2.40. The Morgan fingerprint density at radius 2 is 2.25 bits per heavy atom. The summed E-state index contributed by atoms with van der Waals surface area (Å²) in [5, 5.41) is 1.47. The molecular weight excluding hydrogens is 278 g/mol. The van der Waals surface area contributed by atoms with Gasteiger partial charge in [0.05, 0.1) is 19.1 Å². The number of benzene rings is 1. The molecule has 0 radical (unpaired) electrons. The number of aromatic nitrogens is 1. The van der Waals surface area contributed by atoms with Crippen molar-refractivity contribution < 1.29 is 13.9 Å². The number of H-pyrrole nitrogens is 1. The zero-order valence-electron chi connectivity index (χ0n) is 10.8. The third-order valence-corrected chi connectivity index (χ3v) is 3.29. The van der Waals surface area contributed by atoms with E-state index in [0.717, 1.165) is 22.0 Å². The molecule has 0 saturated carbocycles. The Bertz CT molecular complexity index is 759. The van der Waals surface area contributed by atoms with Crippen molar-refractivity contribution in [3.63, 3.8) is 0 Å². The van der Waals surface area contributed by atoms with Crippen LogP contribution in [-0.2, 0) is 4.74 Å². The van der Waals surface area contributed by atoms with Crippen LogP contribution in [0.4, 0.5) is 0 Å². The molecule has 0 saturated heterocycles. The normalized spacial score (nSPS) is 10.9. The van der Waals surface area contributed by atoms with E-state index in [1.807, 2.05) is 12.1 Å². The van der Waals surface area contributed by atoms with Gasteiger partial charge in [0.1, 0.15) is 5.69 Å². The van der Waals surface area contributed by atoms with Gasteiger partial charge in [-0.2, -0.15) is 0 Å². The monoisotopic (exact) mass is 289 g/mol. The standard InChI is InChI=1S/C15H12ClNO3/c1-2-20-15(18)14-13(9-5-6-19-8-9)11-7-10(16)3-4-12(11)17-14/h3-8,17H,2H2,1H3. The summed E-state index contributed by atoms with van der Waals surface area (Å²) in [7, 11) is 0. The van der Waals surface area contributed by atoms with Crippen molar-refractivity contribution in [2.24, 2.45) is 0 Å². The number of carbonyl (C=O) groups is 1. The number of nitrogens with one attached hydrogen (secondary N) is 1. The van der Waals surface area contributed by atoms with Crippen LogP contribution in [0.15, 0.2) is 41.2 Å². The zero-order valence-corrected chi connectivity index (χ0v) is 11.5. The average molecular weight is 290 g/mol. The SMILES string of the molecule is CCOC(=O)c1[nH]c2ccc(Cl)cc2c1-c1ccoc1. The van der Waals surface area contributed by atoms with E-state index in [4.69, 9.17) is 20.8 Å². The number of hydrogen-bond donors (Lipinski definition) is 1. The molecule has 0 spiro atoms. The Labute approximate surface area is 120 Å². The van der Waals surface area contributed by atoms with Crippen molar-refractivity contribution in [3.8, 4) is 11.1 Å². The van der Waals surface area contributed by atoms with Crippen LogP contribution in [0.5, 0.6) is 0 Å². The van der Waals surface area contributed by atoms with Crippen molar-refractivity contribution >= 4 is 28.5 Å². The first-order valence-electron chi connectivity index (χ1n) is 6.21. The van der Waals surface area contributed by atoms with Crippen LogP contribution in [0.3, 0.4) is 0 Å². The molecule has 3 aromatic rings. The Morgan fingerprint density at radius 1 is 1.40 bits per heavy atom. The summed E-state index contributed by atoms with van der Waals surface area (Å²) in [5.74, 6) is -0.393. The number of esters is 1. The van der Waals surface area contributed by atoms with Gasteiger partial charge >= 0.3 is 5.97 Å². The molecule has 1 N–H and O–H groups in total. The number of hydrogen-bond acceptors (Lipinski definition) is 3. The molecule has 102 valence electrons. The largest absolute Gasteiger partial charge is 0.472 e. The van der Waals surface area contributed by atoms with E-state index >= 15 is 0 Å². The summed E-state index contributed by atoms with van der Waals surface area (Å²) < 4.78 is 10.2. The van der Waals surface area contributed by atoms with Crippen LogP contribution in [0, 0.1) is 0 Å². The molecule has 1 aromatic carbocycles. The van der Waals surface area contributed by atoms with E-state index in [0.29, 0.717) is 17.3 Å². The van der Waals surface area contributed by atoms with E-state index in [1.54, 1.807) is 31.6 Å². The van der Waals surface area contributed by atoms with Crippen molar-refractivity contribution in [3.05, 3.63) is 47.5 Å². The van der Waals surface area contributed by atoms with Crippen LogP contribution in [0.1, 0.15) is 17.4 Å². The number of furan rings is 1. The van der Waals surface area contributed by atoms with Crippen LogP contribution < -0.4 is 0 Å². The first kappa shape index (κ1) is 12.8. The molecule has 0 amide bonds. The van der Waals surface area contributed by atoms with Gasteiger partial charge in [-0.1, -0.05) is 11.6 Å². The van der Waals surface area contributed by atoms with Gasteiger partial charge in [0.2, 0.25) is 0 Å². The summed E-state index contributed by atoms with van der Waals surface area (Å²) in [5.41, 5.74) is 2.79. The highest BCUT2D eigenvalue weighted by Gasteiger charge is 2.21. The Kier molecular flexibility index (Phi) is 3.24. The fraction of sp³-hybridized carbons (Fsp3) is 0.133. The van der Waals surface area contributed by atoms with Crippen molar-refractivity contribution in [1.29, 1.82) is 0 Å². The second-order valence-electron chi connectivity index (χ2n) is 4.30. The van der Waals surface area contributed by atoms with Crippen LogP contribution >= 0.6 is 11.6 Å². The van der Waals surface area contributed by atoms with Crippen LogP contribution in [-0.4, -0.2) is 17.6 Å². The highest BCUT2D eigenvalue weighted by atomic mass is 35.5. The minimum Gasteiger partial charge on any atom is -0.472 e. The van der Waals surface area contributed by atoms with E-state index in [2.05, 4.69) is 4.98 Å². The molecular formula is C15H12ClNO3. The zero-order chi connectivity index (χ0) is 14.1. The third-order valence-electron chi connectivity index (χ3n) is 3.05. The molecule has 0 aliphatic heterocycles. The van der Waals surface area contributed by atoms with Gasteiger partial charge in [0, 0.05) is 27.1 Å². The lowest BCUT2D eigenvalue weighted by molar-refractivity contribution is 0.0521. The summed E-state index contributed by atoms with van der Waals surface area (Å²) in [6.07, 6.45) is 3.15. The number of rotatable bonds is 3. The molecule has 5 heteroatoms. The molecule has 2 heterocycles. The molecule has 20 heavy (non-hydrogen) atoms. The molecule has 2 aromatic heterocycles. The van der Waals surface area contributed by atoms with Gasteiger partial charge in [-0.3, -0.25) is 0 Å². The molecule has 0 aliphatic rings. The third kappa shape index (κ3) is 2.08. The fourth-order valence-electron chi connectivity index (χ4n) is 2.23. The smallest absolute Gasteiger partial charge is 0.355 e. The minimum absolute atomic E-state index is 0.319. The second-order valence-corrected chi connectivity index (χ2v) is 4.73. The summed E-state index contributed by atoms with van der Waals surface area (Å²) in [6.45, 7) is 2.09. The molecule has 0 aliphatic carbocycles. The van der Waals surface area contributed by atoms with Gasteiger partial charge in [-0.05, 0) is 31.2 Å². The van der Waals surface area contributed by atoms with Crippen LogP contribution in [0.2, 0.25) is 5.02 Å². The van der Waals surface area contributed by atoms with Crippen molar-refractivity contribution in [2.75, 3.05) is 6.61 Å². The van der Waals surface area contributed by atoms with Gasteiger partial charge < -0.3 is 14.1 Å². The van der Waals surface area contributed by atoms with E-state index < -0.39 is 5.97 Å². The average Bonchev–Trinajstić information content (AvgIpc) is 3.04. The van der Waals surface area contributed by atoms with E-state index in [9.17, 15) is 4.79 Å². The molecule has 0 unspecified atom stereocenters. The Hall–Kier alpha value is -2.20. The maximum atomic E-state index is 12.1. The minimum atomic E-state index is -0.393. The number of carbonyl (C=O) groups excluding carboxylic acids is 1. The van der Waals surface area contributed by atoms with Crippen molar-refractivity contribution in [2.45, 2.75) is 6.92 Å². The van der Waals surface area contributed by atoms with Gasteiger partial charge in [-0.25, -0.2) is 4.79 Å². The van der Waals surface area contributed by atoms with Gasteiger partial charge in [0.25, 0.3) is 0 Å². The van der Waals surface area contributed by atoms with Gasteiger partial charge in [-0.15, -0.1) is 0 Å². The summed E-state index contributed by atoms with van der Waals surface area (Å²) in [4.78, 5) is 15.2. The second kappa shape index (κ2) is 5.06. The lowest BCUT2D eigenvalue weighted by Crippen LogP contribution is -2.06. The quantitative estimate of drug-likeness (QED) is 0.733. The van der Waals surface area contributed by atoms with E-state index in [-0.39, 0.29) is 0 Å². The molecule has 4 nitrogen and oxygen atoms in total. The van der Waals surface area contributed by atoms with Gasteiger partial charge in [0.15, 0.2) is 0 Å². The molecule has 0 atom stereocenters. The highest BCUT2D eigenvalue weighted by Crippen LogP contribution is 2.34. The molecule has 3 rings (SSSR count). The predicted octanol–water partition coefficient (Wildman–Crippen LogP) is 4.26. The number of aromatic amines is 1. The first-order chi connectivity index (χ1) is 9.70. The number of fused-ring (bicyclic) bond motifs is 1. The summed E-state index contributed by atoms with van der Waals surface area (Å²) >= 11 is 6.05. The lowest BCUT2D eigenvalue weighted by atomic mass is 10.0. The van der Waals surface area contributed by atoms with Crippen molar-refractivity contribution in [1.82, 2.24) is 4.98 Å². The number of halogens is 1. The van der Waals surface area contributed by atoms with E-state index in [1.165, 1.54) is 0 Å². The Balaban J connectivity index is 2.28. The Morgan fingerprint density at radius 3 is 2.95 bits per heavy atom. The molecule has 0 fully saturated rings. The lowest BCUT2D eigenvalue weighted by Gasteiger charge is -2.02. The highest BCUT2D eigenvalue weighted by molar-refractivity contribution is 6.31. The summed E-state index contributed by atoms with van der Waals surface area (Å²) in [6, 6.07) is 7.23. The maximum Gasteiger partial charge on any atom is 0.355 e. The predicted molar refractivity (Wildman–Crippen MR) is 77.0 cm³/mol.